The van der Waals surface area contributed by atoms with Gasteiger partial charge in [-0.2, -0.15) is 0 Å². The zero-order valence-corrected chi connectivity index (χ0v) is 9.90. The van der Waals surface area contributed by atoms with E-state index in [1.165, 1.54) is 6.21 Å². The summed E-state index contributed by atoms with van der Waals surface area (Å²) in [5.41, 5.74) is 1.10. The van der Waals surface area contributed by atoms with Crippen molar-refractivity contribution in [1.29, 1.82) is 5.41 Å². The van der Waals surface area contributed by atoms with Crippen LogP contribution in [0.1, 0.15) is 19.4 Å². The number of hydrogen-bond donors (Lipinski definition) is 1. The summed E-state index contributed by atoms with van der Waals surface area (Å²) in [7, 11) is 0. The summed E-state index contributed by atoms with van der Waals surface area (Å²) >= 11 is 0. The molecule has 0 radical (unpaired) electrons. The fraction of sp³-hybridized carbons (Fsp3) is 0.462. The fourth-order valence-electron chi connectivity index (χ4n) is 1.65. The van der Waals surface area contributed by atoms with Gasteiger partial charge in [0.25, 0.3) is 0 Å². The van der Waals surface area contributed by atoms with E-state index in [0.29, 0.717) is 19.6 Å². The van der Waals surface area contributed by atoms with E-state index in [-0.39, 0.29) is 0 Å². The lowest BCUT2D eigenvalue weighted by atomic mass is 10.1. The van der Waals surface area contributed by atoms with Crippen molar-refractivity contribution < 1.29 is 9.47 Å². The largest absolute Gasteiger partial charge is 0.345 e. The lowest BCUT2D eigenvalue weighted by Crippen LogP contribution is -2.40. The van der Waals surface area contributed by atoms with Gasteiger partial charge in [-0.05, 0) is 19.4 Å². The third-order valence-electron chi connectivity index (χ3n) is 2.29. The van der Waals surface area contributed by atoms with Crippen LogP contribution in [-0.2, 0) is 15.9 Å². The van der Waals surface area contributed by atoms with Gasteiger partial charge in [-0.15, -0.1) is 0 Å². The first-order valence-electron chi connectivity index (χ1n) is 5.59. The van der Waals surface area contributed by atoms with E-state index in [2.05, 4.69) is 0 Å². The summed E-state index contributed by atoms with van der Waals surface area (Å²) in [4.78, 5) is 0. The van der Waals surface area contributed by atoms with E-state index < -0.39 is 5.79 Å². The first kappa shape index (κ1) is 12.9. The van der Waals surface area contributed by atoms with Gasteiger partial charge in [-0.1, -0.05) is 30.3 Å². The quantitative estimate of drug-likeness (QED) is 0.568. The average molecular weight is 221 g/mol. The van der Waals surface area contributed by atoms with Crippen LogP contribution in [0.25, 0.3) is 0 Å². The van der Waals surface area contributed by atoms with Crippen LogP contribution >= 0.6 is 0 Å². The van der Waals surface area contributed by atoms with Gasteiger partial charge in [0.1, 0.15) is 0 Å². The van der Waals surface area contributed by atoms with Crippen molar-refractivity contribution in [3.63, 3.8) is 0 Å². The predicted molar refractivity (Wildman–Crippen MR) is 64.9 cm³/mol. The molecule has 0 spiro atoms. The molecular formula is C13H19NO2. The number of benzene rings is 1. The lowest BCUT2D eigenvalue weighted by Gasteiger charge is -2.29. The maximum absolute atomic E-state index is 7.49. The van der Waals surface area contributed by atoms with Crippen LogP contribution in [0.4, 0.5) is 0 Å². The van der Waals surface area contributed by atoms with Gasteiger partial charge in [0.2, 0.25) is 5.79 Å². The van der Waals surface area contributed by atoms with Crippen molar-refractivity contribution in [3.8, 4) is 0 Å². The number of rotatable bonds is 7. The van der Waals surface area contributed by atoms with Crippen molar-refractivity contribution in [3.05, 3.63) is 35.9 Å². The summed E-state index contributed by atoms with van der Waals surface area (Å²) in [6.07, 6.45) is 1.81. The minimum absolute atomic E-state index is 0.530. The molecule has 0 aliphatic heterocycles. The summed E-state index contributed by atoms with van der Waals surface area (Å²) in [5.74, 6) is -0.912. The highest BCUT2D eigenvalue weighted by Gasteiger charge is 2.28. The maximum Gasteiger partial charge on any atom is 0.208 e. The second-order valence-electron chi connectivity index (χ2n) is 3.48. The Labute approximate surface area is 96.9 Å². The molecule has 0 aliphatic rings. The molecule has 1 N–H and O–H groups in total. The van der Waals surface area contributed by atoms with E-state index in [4.69, 9.17) is 14.9 Å². The van der Waals surface area contributed by atoms with Gasteiger partial charge in [0.15, 0.2) is 0 Å². The van der Waals surface area contributed by atoms with E-state index in [1.54, 1.807) is 0 Å². The van der Waals surface area contributed by atoms with Gasteiger partial charge in [-0.25, -0.2) is 0 Å². The van der Waals surface area contributed by atoms with Crippen LogP contribution < -0.4 is 0 Å². The normalized spacial score (nSPS) is 11.4. The predicted octanol–water partition coefficient (Wildman–Crippen LogP) is 2.65. The Balaban J connectivity index is 2.80. The second-order valence-corrected chi connectivity index (χ2v) is 3.48. The summed E-state index contributed by atoms with van der Waals surface area (Å²) in [5, 5.41) is 7.49. The molecule has 3 heteroatoms. The highest BCUT2D eigenvalue weighted by Crippen LogP contribution is 2.17. The van der Waals surface area contributed by atoms with E-state index in [1.807, 2.05) is 44.2 Å². The molecule has 0 unspecified atom stereocenters. The number of nitrogens with one attached hydrogen (secondary N) is 1. The Bertz CT molecular complexity index is 305. The molecule has 3 nitrogen and oxygen atoms in total. The van der Waals surface area contributed by atoms with Crippen LogP contribution in [0, 0.1) is 5.41 Å². The first-order chi connectivity index (χ1) is 7.76. The summed E-state index contributed by atoms with van der Waals surface area (Å²) in [6.45, 7) is 4.87. The van der Waals surface area contributed by atoms with Crippen LogP contribution in [0.5, 0.6) is 0 Å². The Morgan fingerprint density at radius 3 is 2.12 bits per heavy atom. The summed E-state index contributed by atoms with van der Waals surface area (Å²) in [6, 6.07) is 9.94. The molecule has 16 heavy (non-hydrogen) atoms. The monoisotopic (exact) mass is 221 g/mol. The highest BCUT2D eigenvalue weighted by atomic mass is 16.7. The molecule has 0 heterocycles. The van der Waals surface area contributed by atoms with Crippen LogP contribution in [-0.4, -0.2) is 25.2 Å². The smallest absolute Gasteiger partial charge is 0.208 e. The minimum Gasteiger partial charge on any atom is -0.345 e. The van der Waals surface area contributed by atoms with Gasteiger partial charge in [0.05, 0.1) is 6.21 Å². The van der Waals surface area contributed by atoms with Crippen molar-refractivity contribution in [2.24, 2.45) is 0 Å². The SMILES string of the molecule is CCOC(C=N)(Cc1ccccc1)OCC. The molecule has 0 aromatic heterocycles. The third kappa shape index (κ3) is 3.43. The van der Waals surface area contributed by atoms with Crippen molar-refractivity contribution in [2.75, 3.05) is 13.2 Å². The Morgan fingerprint density at radius 2 is 1.69 bits per heavy atom. The average Bonchev–Trinajstić information content (AvgIpc) is 2.31. The molecule has 0 amide bonds. The molecule has 1 aromatic rings. The molecule has 1 rings (SSSR count). The van der Waals surface area contributed by atoms with Crippen LogP contribution in [0.3, 0.4) is 0 Å². The fourth-order valence-corrected chi connectivity index (χ4v) is 1.65. The Kier molecular flexibility index (Phi) is 5.15. The number of hydrogen-bond acceptors (Lipinski definition) is 3. The van der Waals surface area contributed by atoms with Gasteiger partial charge >= 0.3 is 0 Å². The molecule has 0 atom stereocenters. The molecule has 0 fully saturated rings. The lowest BCUT2D eigenvalue weighted by molar-refractivity contribution is -0.179. The molecule has 88 valence electrons. The molecular weight excluding hydrogens is 202 g/mol. The van der Waals surface area contributed by atoms with Crippen LogP contribution in [0.2, 0.25) is 0 Å². The van der Waals surface area contributed by atoms with E-state index in [0.717, 1.165) is 5.56 Å². The minimum atomic E-state index is -0.912. The van der Waals surface area contributed by atoms with E-state index >= 15 is 0 Å². The molecule has 0 bridgehead atoms. The molecule has 0 saturated carbocycles. The third-order valence-corrected chi connectivity index (χ3v) is 2.29. The summed E-state index contributed by atoms with van der Waals surface area (Å²) < 4.78 is 11.1. The zero-order chi connectivity index (χ0) is 11.9. The van der Waals surface area contributed by atoms with Crippen molar-refractivity contribution >= 4 is 6.21 Å². The topological polar surface area (TPSA) is 42.3 Å². The molecule has 0 saturated heterocycles. The van der Waals surface area contributed by atoms with Gasteiger partial charge < -0.3 is 14.9 Å². The van der Waals surface area contributed by atoms with Crippen molar-refractivity contribution in [1.82, 2.24) is 0 Å². The molecule has 0 aliphatic carbocycles. The second kappa shape index (κ2) is 6.40. The zero-order valence-electron chi connectivity index (χ0n) is 9.90. The standard InChI is InChI=1S/C13H19NO2/c1-3-15-13(11-14,16-4-2)10-12-8-6-5-7-9-12/h5-9,11,14H,3-4,10H2,1-2H3. The maximum atomic E-state index is 7.49. The highest BCUT2D eigenvalue weighted by molar-refractivity contribution is 5.64. The first-order valence-corrected chi connectivity index (χ1v) is 5.59. The number of ether oxygens (including phenoxy) is 2. The molecule has 1 aromatic carbocycles. The Morgan fingerprint density at radius 1 is 1.12 bits per heavy atom. The van der Waals surface area contributed by atoms with Gasteiger partial charge in [-0.3, -0.25) is 0 Å². The van der Waals surface area contributed by atoms with Crippen LogP contribution in [0.15, 0.2) is 30.3 Å². The van der Waals surface area contributed by atoms with Gasteiger partial charge in [0, 0.05) is 19.6 Å². The van der Waals surface area contributed by atoms with Crippen molar-refractivity contribution in [2.45, 2.75) is 26.1 Å². The Hall–Kier alpha value is -1.19. The van der Waals surface area contributed by atoms with E-state index in [9.17, 15) is 0 Å².